The third-order valence-electron chi connectivity index (χ3n) is 6.01. The first-order chi connectivity index (χ1) is 16.1. The SMILES string of the molecule is COc1ccc(C)c([SiH](O[SiH](c2ccccc2)c2cc(OC)ccc2C)c2ccccc2)c1. The highest BCUT2D eigenvalue weighted by atomic mass is 28.4. The molecule has 4 aromatic rings. The summed E-state index contributed by atoms with van der Waals surface area (Å²) in [5, 5.41) is 5.05. The third kappa shape index (κ3) is 5.27. The van der Waals surface area contributed by atoms with E-state index >= 15 is 0 Å². The van der Waals surface area contributed by atoms with E-state index in [-0.39, 0.29) is 0 Å². The predicted octanol–water partition coefficient (Wildman–Crippen LogP) is 2.71. The van der Waals surface area contributed by atoms with Crippen molar-refractivity contribution < 1.29 is 13.6 Å². The van der Waals surface area contributed by atoms with Crippen molar-refractivity contribution in [3.05, 3.63) is 108 Å². The van der Waals surface area contributed by atoms with E-state index in [1.807, 2.05) is 12.1 Å². The molecule has 0 aromatic heterocycles. The zero-order valence-corrected chi connectivity index (χ0v) is 21.9. The largest absolute Gasteiger partial charge is 0.497 e. The predicted molar refractivity (Wildman–Crippen MR) is 142 cm³/mol. The Kier molecular flexibility index (Phi) is 7.44. The molecule has 4 rings (SSSR count). The highest BCUT2D eigenvalue weighted by molar-refractivity contribution is 6.92. The highest BCUT2D eigenvalue weighted by Gasteiger charge is 2.28. The molecule has 0 amide bonds. The smallest absolute Gasteiger partial charge is 0.229 e. The molecular formula is C28H30O3Si2. The molecule has 0 radical (unpaired) electrons. The standard InChI is InChI=1S/C28H30O3Si2/c1-21-15-17-23(29-3)19-27(21)32(25-11-7-5-8-12-25)31-33(26-13-9-6-10-14-26)28-20-24(30-4)18-16-22(28)2/h5-20,32-33H,1-4H3. The molecule has 0 N–H and O–H groups in total. The van der Waals surface area contributed by atoms with Crippen LogP contribution in [0, 0.1) is 13.8 Å². The van der Waals surface area contributed by atoms with Gasteiger partial charge >= 0.3 is 0 Å². The maximum atomic E-state index is 7.32. The number of rotatable bonds is 8. The van der Waals surface area contributed by atoms with E-state index in [9.17, 15) is 0 Å². The van der Waals surface area contributed by atoms with Gasteiger partial charge in [0.2, 0.25) is 18.1 Å². The quantitative estimate of drug-likeness (QED) is 0.371. The van der Waals surface area contributed by atoms with Gasteiger partial charge in [-0.05, 0) is 70.0 Å². The van der Waals surface area contributed by atoms with E-state index < -0.39 is 18.1 Å². The van der Waals surface area contributed by atoms with Crippen LogP contribution in [-0.2, 0) is 4.12 Å². The first-order valence-corrected chi connectivity index (χ1v) is 14.4. The Morgan fingerprint density at radius 2 is 0.909 bits per heavy atom. The summed E-state index contributed by atoms with van der Waals surface area (Å²) in [6.07, 6.45) is 0. The Balaban J connectivity index is 1.87. The zero-order chi connectivity index (χ0) is 23.2. The molecular weight excluding hydrogens is 440 g/mol. The van der Waals surface area contributed by atoms with Gasteiger partial charge in [0.15, 0.2) is 0 Å². The minimum atomic E-state index is -2.03. The van der Waals surface area contributed by atoms with Crippen LogP contribution in [0.5, 0.6) is 11.5 Å². The van der Waals surface area contributed by atoms with Crippen molar-refractivity contribution in [3.8, 4) is 11.5 Å². The van der Waals surface area contributed by atoms with Crippen LogP contribution in [0.2, 0.25) is 0 Å². The fraction of sp³-hybridized carbons (Fsp3) is 0.143. The monoisotopic (exact) mass is 470 g/mol. The van der Waals surface area contributed by atoms with Crippen LogP contribution in [0.15, 0.2) is 97.1 Å². The van der Waals surface area contributed by atoms with Crippen LogP contribution in [0.3, 0.4) is 0 Å². The Hall–Kier alpha value is -3.13. The second-order valence-corrected chi connectivity index (χ2v) is 13.3. The van der Waals surface area contributed by atoms with Gasteiger partial charge in [0, 0.05) is 0 Å². The second kappa shape index (κ2) is 10.7. The molecule has 33 heavy (non-hydrogen) atoms. The number of methoxy groups -OCH3 is 2. The zero-order valence-electron chi connectivity index (χ0n) is 19.6. The minimum absolute atomic E-state index is 0.864. The number of aryl methyl sites for hydroxylation is 2. The highest BCUT2D eigenvalue weighted by Crippen LogP contribution is 2.14. The van der Waals surface area contributed by atoms with Crippen molar-refractivity contribution >= 4 is 38.8 Å². The Bertz CT molecular complexity index is 1100. The van der Waals surface area contributed by atoms with Gasteiger partial charge in [0.25, 0.3) is 0 Å². The molecule has 168 valence electrons. The molecule has 0 aliphatic carbocycles. The third-order valence-corrected chi connectivity index (χ3v) is 12.5. The molecule has 2 atom stereocenters. The molecule has 0 bridgehead atoms. The molecule has 0 saturated heterocycles. The summed E-state index contributed by atoms with van der Waals surface area (Å²) in [6.45, 7) is 4.33. The van der Waals surface area contributed by atoms with Crippen molar-refractivity contribution in [3.63, 3.8) is 0 Å². The van der Waals surface area contributed by atoms with E-state index in [0.29, 0.717) is 0 Å². The first-order valence-electron chi connectivity index (χ1n) is 11.1. The summed E-state index contributed by atoms with van der Waals surface area (Å²) < 4.78 is 18.5. The molecule has 0 heterocycles. The maximum Gasteiger partial charge on any atom is 0.229 e. The van der Waals surface area contributed by atoms with Gasteiger partial charge in [-0.25, -0.2) is 0 Å². The van der Waals surface area contributed by atoms with E-state index in [4.69, 9.17) is 13.6 Å². The van der Waals surface area contributed by atoms with Gasteiger partial charge in [0.05, 0.1) is 14.2 Å². The number of hydrogen-bond acceptors (Lipinski definition) is 3. The van der Waals surface area contributed by atoms with Crippen molar-refractivity contribution in [1.82, 2.24) is 0 Å². The average molecular weight is 471 g/mol. The first kappa shape index (κ1) is 23.0. The van der Waals surface area contributed by atoms with Gasteiger partial charge in [-0.15, -0.1) is 0 Å². The van der Waals surface area contributed by atoms with Crippen LogP contribution in [0.4, 0.5) is 0 Å². The summed E-state index contributed by atoms with van der Waals surface area (Å²) in [7, 11) is -0.631. The molecule has 0 aliphatic heterocycles. The Morgan fingerprint density at radius 3 is 1.27 bits per heavy atom. The number of benzene rings is 4. The molecule has 5 heteroatoms. The minimum Gasteiger partial charge on any atom is -0.497 e. The summed E-state index contributed by atoms with van der Waals surface area (Å²) in [5.41, 5.74) is 2.47. The van der Waals surface area contributed by atoms with E-state index in [1.54, 1.807) is 14.2 Å². The van der Waals surface area contributed by atoms with Crippen LogP contribution in [0.1, 0.15) is 11.1 Å². The van der Waals surface area contributed by atoms with Crippen molar-refractivity contribution in [1.29, 1.82) is 0 Å². The number of hydrogen-bond donors (Lipinski definition) is 0. The molecule has 0 saturated carbocycles. The van der Waals surface area contributed by atoms with Gasteiger partial charge in [-0.2, -0.15) is 0 Å². The Morgan fingerprint density at radius 1 is 0.515 bits per heavy atom. The van der Waals surface area contributed by atoms with Crippen molar-refractivity contribution in [2.24, 2.45) is 0 Å². The summed E-state index contributed by atoms with van der Waals surface area (Å²) in [4.78, 5) is 0. The van der Waals surface area contributed by atoms with E-state index in [2.05, 4.69) is 98.8 Å². The lowest BCUT2D eigenvalue weighted by atomic mass is 10.2. The molecule has 4 aromatic carbocycles. The van der Waals surface area contributed by atoms with Gasteiger partial charge in [-0.1, -0.05) is 72.8 Å². The topological polar surface area (TPSA) is 27.7 Å². The Labute approximate surface area is 200 Å². The van der Waals surface area contributed by atoms with Crippen LogP contribution in [0.25, 0.3) is 0 Å². The lowest BCUT2D eigenvalue weighted by Gasteiger charge is -2.27. The fourth-order valence-corrected chi connectivity index (χ4v) is 11.1. The van der Waals surface area contributed by atoms with Crippen LogP contribution in [-0.4, -0.2) is 32.3 Å². The molecule has 2 unspecified atom stereocenters. The summed E-state index contributed by atoms with van der Waals surface area (Å²) in [6, 6.07) is 34.0. The summed E-state index contributed by atoms with van der Waals surface area (Å²) in [5.74, 6) is 1.73. The van der Waals surface area contributed by atoms with Crippen LogP contribution >= 0.6 is 0 Å². The normalized spacial score (nSPS) is 12.7. The maximum absolute atomic E-state index is 7.32. The van der Waals surface area contributed by atoms with E-state index in [1.165, 1.54) is 31.9 Å². The molecule has 0 fully saturated rings. The average Bonchev–Trinajstić information content (AvgIpc) is 2.87. The van der Waals surface area contributed by atoms with Gasteiger partial charge in [-0.3, -0.25) is 0 Å². The lowest BCUT2D eigenvalue weighted by molar-refractivity contribution is 0.415. The fourth-order valence-electron chi connectivity index (χ4n) is 4.11. The van der Waals surface area contributed by atoms with Gasteiger partial charge < -0.3 is 13.6 Å². The van der Waals surface area contributed by atoms with Crippen LogP contribution < -0.4 is 30.2 Å². The van der Waals surface area contributed by atoms with Crippen molar-refractivity contribution in [2.45, 2.75) is 13.8 Å². The molecule has 0 spiro atoms. The van der Waals surface area contributed by atoms with E-state index in [0.717, 1.165) is 11.5 Å². The van der Waals surface area contributed by atoms with Crippen molar-refractivity contribution in [2.75, 3.05) is 14.2 Å². The molecule has 3 nitrogen and oxygen atoms in total. The second-order valence-electron chi connectivity index (χ2n) is 8.16. The summed E-state index contributed by atoms with van der Waals surface area (Å²) >= 11 is 0. The molecule has 0 aliphatic rings. The lowest BCUT2D eigenvalue weighted by Crippen LogP contribution is -2.57. The number of ether oxygens (including phenoxy) is 2. The van der Waals surface area contributed by atoms with Gasteiger partial charge in [0.1, 0.15) is 11.5 Å².